The van der Waals surface area contributed by atoms with Crippen LogP contribution in [0.3, 0.4) is 0 Å². The Labute approximate surface area is 87.1 Å². The number of aliphatic hydroxyl groups excluding tert-OH is 1. The fourth-order valence-corrected chi connectivity index (χ4v) is 1.08. The summed E-state index contributed by atoms with van der Waals surface area (Å²) in [7, 11) is 0. The van der Waals surface area contributed by atoms with Crippen LogP contribution in [-0.2, 0) is 0 Å². The van der Waals surface area contributed by atoms with Gasteiger partial charge in [-0.15, -0.1) is 0 Å². The summed E-state index contributed by atoms with van der Waals surface area (Å²) in [4.78, 5) is 14.7. The first-order valence-corrected chi connectivity index (χ1v) is 4.74. The van der Waals surface area contributed by atoms with E-state index in [0.717, 1.165) is 6.07 Å². The molecular weight excluding hydrogens is 199 g/mol. The summed E-state index contributed by atoms with van der Waals surface area (Å²) < 4.78 is 12.6. The van der Waals surface area contributed by atoms with Gasteiger partial charge in [-0.3, -0.25) is 4.79 Å². The first kappa shape index (κ1) is 11.6. The minimum atomic E-state index is -0.669. The molecule has 0 fully saturated rings. The molecule has 0 aromatic carbocycles. The molecule has 0 radical (unpaired) electrons. The van der Waals surface area contributed by atoms with Crippen LogP contribution in [0.25, 0.3) is 0 Å². The van der Waals surface area contributed by atoms with Crippen molar-refractivity contribution >= 4 is 5.91 Å². The second-order valence-electron chi connectivity index (χ2n) is 3.05. The van der Waals surface area contributed by atoms with Crippen molar-refractivity contribution in [1.29, 1.82) is 0 Å². The lowest BCUT2D eigenvalue weighted by Crippen LogP contribution is -2.24. The van der Waals surface area contributed by atoms with Crippen LogP contribution in [0.15, 0.2) is 18.3 Å². The molecule has 0 unspecified atom stereocenters. The highest BCUT2D eigenvalue weighted by Gasteiger charge is 2.05. The van der Waals surface area contributed by atoms with E-state index in [1.807, 2.05) is 0 Å². The molecule has 0 aliphatic heterocycles. The van der Waals surface area contributed by atoms with Crippen LogP contribution in [0, 0.1) is 5.95 Å². The average molecular weight is 212 g/mol. The summed E-state index contributed by atoms with van der Waals surface area (Å²) in [5, 5.41) is 11.1. The number of nitrogens with zero attached hydrogens (tertiary/aromatic N) is 1. The number of halogens is 1. The quantitative estimate of drug-likeness (QED) is 0.558. The number of pyridine rings is 1. The van der Waals surface area contributed by atoms with Gasteiger partial charge in [0.25, 0.3) is 5.91 Å². The number of rotatable bonds is 5. The highest BCUT2D eigenvalue weighted by atomic mass is 19.1. The molecule has 0 atom stereocenters. The molecule has 1 aromatic rings. The van der Waals surface area contributed by atoms with Gasteiger partial charge in [0.2, 0.25) is 5.95 Å². The Kier molecular flexibility index (Phi) is 4.70. The van der Waals surface area contributed by atoms with Crippen molar-refractivity contribution in [2.24, 2.45) is 0 Å². The van der Waals surface area contributed by atoms with Gasteiger partial charge in [0.15, 0.2) is 0 Å². The van der Waals surface area contributed by atoms with Gasteiger partial charge in [-0.25, -0.2) is 4.98 Å². The van der Waals surface area contributed by atoms with E-state index < -0.39 is 5.95 Å². The second-order valence-corrected chi connectivity index (χ2v) is 3.05. The van der Waals surface area contributed by atoms with Crippen LogP contribution < -0.4 is 5.32 Å². The van der Waals surface area contributed by atoms with E-state index >= 15 is 0 Å². The maximum atomic E-state index is 12.6. The smallest absolute Gasteiger partial charge is 0.251 e. The van der Waals surface area contributed by atoms with Crippen LogP contribution >= 0.6 is 0 Å². The zero-order chi connectivity index (χ0) is 11.1. The molecule has 4 nitrogen and oxygen atoms in total. The molecule has 15 heavy (non-hydrogen) atoms. The van der Waals surface area contributed by atoms with E-state index in [1.165, 1.54) is 12.3 Å². The number of carbonyl (C=O) groups excluding carboxylic acids is 1. The van der Waals surface area contributed by atoms with Crippen molar-refractivity contribution < 1.29 is 14.3 Å². The number of hydrogen-bond donors (Lipinski definition) is 2. The third-order valence-corrected chi connectivity index (χ3v) is 1.86. The van der Waals surface area contributed by atoms with Crippen molar-refractivity contribution in [2.75, 3.05) is 13.2 Å². The lowest BCUT2D eigenvalue weighted by molar-refractivity contribution is 0.0951. The van der Waals surface area contributed by atoms with Crippen molar-refractivity contribution in [1.82, 2.24) is 10.3 Å². The summed E-state index contributed by atoms with van der Waals surface area (Å²) in [5.41, 5.74) is 0.256. The Bertz CT molecular complexity index is 331. The first-order chi connectivity index (χ1) is 7.24. The van der Waals surface area contributed by atoms with Crippen LogP contribution in [-0.4, -0.2) is 29.1 Å². The van der Waals surface area contributed by atoms with Gasteiger partial charge < -0.3 is 10.4 Å². The maximum absolute atomic E-state index is 12.6. The third-order valence-electron chi connectivity index (χ3n) is 1.86. The minimum absolute atomic E-state index is 0.111. The molecule has 0 saturated carbocycles. The Balaban J connectivity index is 2.40. The van der Waals surface area contributed by atoms with E-state index in [1.54, 1.807) is 0 Å². The van der Waals surface area contributed by atoms with Gasteiger partial charge in [0, 0.05) is 31.0 Å². The summed E-state index contributed by atoms with van der Waals surface area (Å²) in [6.07, 6.45) is 2.60. The third kappa shape index (κ3) is 4.03. The van der Waals surface area contributed by atoms with Crippen LogP contribution in [0.1, 0.15) is 23.2 Å². The molecule has 82 valence electrons. The second kappa shape index (κ2) is 6.08. The molecule has 1 rings (SSSR count). The van der Waals surface area contributed by atoms with Gasteiger partial charge in [-0.1, -0.05) is 0 Å². The van der Waals surface area contributed by atoms with Crippen molar-refractivity contribution in [3.8, 4) is 0 Å². The van der Waals surface area contributed by atoms with E-state index in [9.17, 15) is 9.18 Å². The van der Waals surface area contributed by atoms with Gasteiger partial charge in [-0.2, -0.15) is 4.39 Å². The minimum Gasteiger partial charge on any atom is -0.396 e. The summed E-state index contributed by atoms with van der Waals surface area (Å²) in [6.45, 7) is 0.586. The molecule has 2 N–H and O–H groups in total. The van der Waals surface area contributed by atoms with Crippen LogP contribution in [0.2, 0.25) is 0 Å². The van der Waals surface area contributed by atoms with Gasteiger partial charge in [-0.05, 0) is 18.9 Å². The lowest BCUT2D eigenvalue weighted by Gasteiger charge is -2.03. The maximum Gasteiger partial charge on any atom is 0.251 e. The van der Waals surface area contributed by atoms with Crippen LogP contribution in [0.5, 0.6) is 0 Å². The molecular formula is C10H13FN2O2. The van der Waals surface area contributed by atoms with Crippen LogP contribution in [0.4, 0.5) is 4.39 Å². The summed E-state index contributed by atoms with van der Waals surface area (Å²) in [5.74, 6) is -0.993. The molecule has 0 saturated heterocycles. The van der Waals surface area contributed by atoms with E-state index in [-0.39, 0.29) is 18.1 Å². The van der Waals surface area contributed by atoms with Gasteiger partial charge in [0.05, 0.1) is 0 Å². The fraction of sp³-hybridized carbons (Fsp3) is 0.400. The molecule has 1 amide bonds. The van der Waals surface area contributed by atoms with E-state index in [2.05, 4.69) is 10.3 Å². The first-order valence-electron chi connectivity index (χ1n) is 4.74. The molecule has 0 aliphatic rings. The lowest BCUT2D eigenvalue weighted by atomic mass is 10.2. The number of aliphatic hydroxyl groups is 1. The highest BCUT2D eigenvalue weighted by Crippen LogP contribution is 2.00. The monoisotopic (exact) mass is 212 g/mol. The number of nitrogens with one attached hydrogen (secondary N) is 1. The number of amides is 1. The normalized spacial score (nSPS) is 10.0. The number of unbranched alkanes of at least 4 members (excludes halogenated alkanes) is 1. The van der Waals surface area contributed by atoms with Crippen molar-refractivity contribution in [3.05, 3.63) is 29.8 Å². The Morgan fingerprint density at radius 2 is 2.33 bits per heavy atom. The zero-order valence-corrected chi connectivity index (χ0v) is 8.24. The SMILES string of the molecule is O=C(NCCCCO)c1ccnc(F)c1. The number of hydrogen-bond acceptors (Lipinski definition) is 3. The largest absolute Gasteiger partial charge is 0.396 e. The highest BCUT2D eigenvalue weighted by molar-refractivity contribution is 5.93. The number of aromatic nitrogens is 1. The van der Waals surface area contributed by atoms with Crippen molar-refractivity contribution in [2.45, 2.75) is 12.8 Å². The predicted molar refractivity (Wildman–Crippen MR) is 52.8 cm³/mol. The molecule has 1 heterocycles. The molecule has 0 aliphatic carbocycles. The fourth-order valence-electron chi connectivity index (χ4n) is 1.08. The topological polar surface area (TPSA) is 62.2 Å². The zero-order valence-electron chi connectivity index (χ0n) is 8.24. The van der Waals surface area contributed by atoms with E-state index in [0.29, 0.717) is 19.4 Å². The molecule has 0 bridgehead atoms. The van der Waals surface area contributed by atoms with E-state index in [4.69, 9.17) is 5.11 Å². The Hall–Kier alpha value is -1.49. The summed E-state index contributed by atoms with van der Waals surface area (Å²) >= 11 is 0. The van der Waals surface area contributed by atoms with Gasteiger partial charge >= 0.3 is 0 Å². The average Bonchev–Trinajstić information content (AvgIpc) is 2.24. The standard InChI is InChI=1S/C10H13FN2O2/c11-9-7-8(3-5-12-9)10(15)13-4-1-2-6-14/h3,5,7,14H,1-2,4,6H2,(H,13,15). The Morgan fingerprint density at radius 1 is 1.53 bits per heavy atom. The number of carbonyl (C=O) groups is 1. The van der Waals surface area contributed by atoms with Crippen molar-refractivity contribution in [3.63, 3.8) is 0 Å². The Morgan fingerprint density at radius 3 is 3.00 bits per heavy atom. The summed E-state index contributed by atoms with van der Waals surface area (Å²) in [6, 6.07) is 2.53. The molecule has 1 aromatic heterocycles. The predicted octanol–water partition coefficient (Wildman–Crippen LogP) is 0.723. The van der Waals surface area contributed by atoms with Gasteiger partial charge in [0.1, 0.15) is 0 Å². The molecule has 5 heteroatoms. The molecule has 0 spiro atoms.